The lowest BCUT2D eigenvalue weighted by molar-refractivity contribution is -0.00440. The SMILES string of the molecule is CC1COCCN1Cc1ccccc1C#N. The molecule has 0 aliphatic carbocycles. The molecule has 1 aliphatic rings. The van der Waals surface area contributed by atoms with Crippen molar-refractivity contribution in [1.82, 2.24) is 4.90 Å². The van der Waals surface area contributed by atoms with E-state index in [9.17, 15) is 0 Å². The van der Waals surface area contributed by atoms with E-state index in [1.807, 2.05) is 24.3 Å². The van der Waals surface area contributed by atoms with Gasteiger partial charge in [0.1, 0.15) is 0 Å². The number of nitriles is 1. The van der Waals surface area contributed by atoms with Crippen LogP contribution in [0.1, 0.15) is 18.1 Å². The van der Waals surface area contributed by atoms with Crippen LogP contribution in [0.15, 0.2) is 24.3 Å². The van der Waals surface area contributed by atoms with E-state index in [2.05, 4.69) is 17.9 Å². The third kappa shape index (κ3) is 2.41. The second-order valence-electron chi connectivity index (χ2n) is 4.16. The number of nitrogens with zero attached hydrogens (tertiary/aromatic N) is 2. The normalized spacial score (nSPS) is 21.6. The summed E-state index contributed by atoms with van der Waals surface area (Å²) in [4.78, 5) is 2.36. The van der Waals surface area contributed by atoms with Crippen LogP contribution in [0.5, 0.6) is 0 Å². The largest absolute Gasteiger partial charge is 0.379 e. The van der Waals surface area contributed by atoms with Crippen LogP contribution < -0.4 is 0 Å². The Kier molecular flexibility index (Phi) is 3.55. The van der Waals surface area contributed by atoms with Gasteiger partial charge >= 0.3 is 0 Å². The zero-order valence-corrected chi connectivity index (χ0v) is 9.52. The van der Waals surface area contributed by atoms with Gasteiger partial charge in [-0.1, -0.05) is 18.2 Å². The molecule has 0 N–H and O–H groups in total. The molecule has 1 atom stereocenters. The van der Waals surface area contributed by atoms with Crippen LogP contribution in [0.4, 0.5) is 0 Å². The minimum absolute atomic E-state index is 0.431. The molecular weight excluding hydrogens is 200 g/mol. The Hall–Kier alpha value is -1.37. The fourth-order valence-corrected chi connectivity index (χ4v) is 1.98. The number of benzene rings is 1. The fraction of sp³-hybridized carbons (Fsp3) is 0.462. The van der Waals surface area contributed by atoms with Crippen molar-refractivity contribution in [2.24, 2.45) is 0 Å². The molecule has 1 aromatic carbocycles. The minimum atomic E-state index is 0.431. The Bertz CT molecular complexity index is 397. The molecular formula is C13H16N2O. The highest BCUT2D eigenvalue weighted by Crippen LogP contribution is 2.14. The van der Waals surface area contributed by atoms with Gasteiger partial charge in [-0.3, -0.25) is 4.90 Å². The summed E-state index contributed by atoms with van der Waals surface area (Å²) in [6.45, 7) is 5.52. The third-order valence-corrected chi connectivity index (χ3v) is 3.02. The first kappa shape index (κ1) is 11.1. The number of ether oxygens (including phenoxy) is 1. The van der Waals surface area contributed by atoms with Crippen LogP contribution in [-0.2, 0) is 11.3 Å². The average molecular weight is 216 g/mol. The van der Waals surface area contributed by atoms with Gasteiger partial charge in [-0.15, -0.1) is 0 Å². The summed E-state index contributed by atoms with van der Waals surface area (Å²) in [5.41, 5.74) is 1.89. The molecule has 1 saturated heterocycles. The molecule has 0 radical (unpaired) electrons. The van der Waals surface area contributed by atoms with Crippen LogP contribution in [0, 0.1) is 11.3 Å². The van der Waals surface area contributed by atoms with E-state index in [1.54, 1.807) is 0 Å². The monoisotopic (exact) mass is 216 g/mol. The highest BCUT2D eigenvalue weighted by atomic mass is 16.5. The molecule has 0 spiro atoms. The average Bonchev–Trinajstić information content (AvgIpc) is 2.33. The molecule has 0 amide bonds. The van der Waals surface area contributed by atoms with Crippen molar-refractivity contribution in [3.05, 3.63) is 35.4 Å². The van der Waals surface area contributed by atoms with E-state index in [0.717, 1.165) is 37.4 Å². The molecule has 0 saturated carbocycles. The quantitative estimate of drug-likeness (QED) is 0.756. The number of rotatable bonds is 2. The lowest BCUT2D eigenvalue weighted by atomic mass is 10.1. The van der Waals surface area contributed by atoms with Crippen molar-refractivity contribution in [3.63, 3.8) is 0 Å². The second kappa shape index (κ2) is 5.11. The number of morpholine rings is 1. The molecule has 84 valence electrons. The van der Waals surface area contributed by atoms with Crippen LogP contribution in [0.3, 0.4) is 0 Å². The summed E-state index contributed by atoms with van der Waals surface area (Å²) in [7, 11) is 0. The molecule has 1 fully saturated rings. The number of hydrogen-bond acceptors (Lipinski definition) is 3. The van der Waals surface area contributed by atoms with Crippen LogP contribution in [-0.4, -0.2) is 30.7 Å². The van der Waals surface area contributed by atoms with Gasteiger partial charge < -0.3 is 4.74 Å². The Morgan fingerprint density at radius 2 is 2.31 bits per heavy atom. The van der Waals surface area contributed by atoms with Gasteiger partial charge in [0, 0.05) is 19.1 Å². The number of hydrogen-bond donors (Lipinski definition) is 0. The first-order chi connectivity index (χ1) is 7.81. The molecule has 3 heteroatoms. The summed E-state index contributed by atoms with van der Waals surface area (Å²) in [6.07, 6.45) is 0. The topological polar surface area (TPSA) is 36.3 Å². The summed E-state index contributed by atoms with van der Waals surface area (Å²) in [6, 6.07) is 10.5. The maximum atomic E-state index is 9.02. The van der Waals surface area contributed by atoms with E-state index in [4.69, 9.17) is 10.00 Å². The van der Waals surface area contributed by atoms with Crippen molar-refractivity contribution < 1.29 is 4.74 Å². The van der Waals surface area contributed by atoms with Gasteiger partial charge in [0.25, 0.3) is 0 Å². The maximum absolute atomic E-state index is 9.02. The fourth-order valence-electron chi connectivity index (χ4n) is 1.98. The van der Waals surface area contributed by atoms with Crippen molar-refractivity contribution >= 4 is 0 Å². The highest BCUT2D eigenvalue weighted by Gasteiger charge is 2.19. The smallest absolute Gasteiger partial charge is 0.0995 e. The van der Waals surface area contributed by atoms with E-state index in [1.165, 1.54) is 0 Å². The van der Waals surface area contributed by atoms with Gasteiger partial charge in [0.05, 0.1) is 24.8 Å². The van der Waals surface area contributed by atoms with Crippen LogP contribution in [0.2, 0.25) is 0 Å². The van der Waals surface area contributed by atoms with E-state index >= 15 is 0 Å². The second-order valence-corrected chi connectivity index (χ2v) is 4.16. The first-order valence-electron chi connectivity index (χ1n) is 5.61. The standard InChI is InChI=1S/C13H16N2O/c1-11-10-16-7-6-15(11)9-13-5-3-2-4-12(13)8-14/h2-5,11H,6-7,9-10H2,1H3. The van der Waals surface area contributed by atoms with Gasteiger partial charge in [0.15, 0.2) is 0 Å². The summed E-state index contributed by atoms with van der Waals surface area (Å²) in [5, 5.41) is 9.02. The molecule has 0 bridgehead atoms. The molecule has 1 aliphatic heterocycles. The van der Waals surface area contributed by atoms with Crippen molar-refractivity contribution in [2.45, 2.75) is 19.5 Å². The lowest BCUT2D eigenvalue weighted by Gasteiger charge is -2.33. The van der Waals surface area contributed by atoms with Crippen molar-refractivity contribution in [2.75, 3.05) is 19.8 Å². The molecule has 1 aromatic rings. The predicted octanol–water partition coefficient (Wildman–Crippen LogP) is 1.78. The Morgan fingerprint density at radius 1 is 1.50 bits per heavy atom. The minimum Gasteiger partial charge on any atom is -0.379 e. The van der Waals surface area contributed by atoms with Gasteiger partial charge in [-0.2, -0.15) is 5.26 Å². The van der Waals surface area contributed by atoms with E-state index in [0.29, 0.717) is 6.04 Å². The lowest BCUT2D eigenvalue weighted by Crippen LogP contribution is -2.43. The van der Waals surface area contributed by atoms with Gasteiger partial charge in [-0.05, 0) is 18.6 Å². The van der Waals surface area contributed by atoms with Crippen LogP contribution in [0.25, 0.3) is 0 Å². The molecule has 0 aromatic heterocycles. The highest BCUT2D eigenvalue weighted by molar-refractivity contribution is 5.37. The molecule has 3 nitrogen and oxygen atoms in total. The Labute approximate surface area is 96.2 Å². The van der Waals surface area contributed by atoms with Crippen LogP contribution >= 0.6 is 0 Å². The molecule has 1 heterocycles. The molecule has 16 heavy (non-hydrogen) atoms. The van der Waals surface area contributed by atoms with Crippen molar-refractivity contribution in [3.8, 4) is 6.07 Å². The Morgan fingerprint density at radius 3 is 3.06 bits per heavy atom. The van der Waals surface area contributed by atoms with Gasteiger partial charge in [0.2, 0.25) is 0 Å². The van der Waals surface area contributed by atoms with E-state index < -0.39 is 0 Å². The molecule has 2 rings (SSSR count). The van der Waals surface area contributed by atoms with E-state index in [-0.39, 0.29) is 0 Å². The summed E-state index contributed by atoms with van der Waals surface area (Å²) in [5.74, 6) is 0. The zero-order valence-electron chi connectivity index (χ0n) is 9.52. The summed E-state index contributed by atoms with van der Waals surface area (Å²) >= 11 is 0. The third-order valence-electron chi connectivity index (χ3n) is 3.02. The zero-order chi connectivity index (χ0) is 11.4. The predicted molar refractivity (Wildman–Crippen MR) is 61.8 cm³/mol. The maximum Gasteiger partial charge on any atom is 0.0995 e. The van der Waals surface area contributed by atoms with Crippen molar-refractivity contribution in [1.29, 1.82) is 5.26 Å². The Balaban J connectivity index is 2.11. The van der Waals surface area contributed by atoms with Gasteiger partial charge in [-0.25, -0.2) is 0 Å². The molecule has 1 unspecified atom stereocenters. The first-order valence-corrected chi connectivity index (χ1v) is 5.61. The summed E-state index contributed by atoms with van der Waals surface area (Å²) < 4.78 is 5.40.